The minimum absolute atomic E-state index is 0.0914. The average Bonchev–Trinajstić information content (AvgIpc) is 3.18. The second kappa shape index (κ2) is 8.97. The smallest absolute Gasteiger partial charge is 0.453 e. The van der Waals surface area contributed by atoms with Crippen LogP contribution in [-0.4, -0.2) is 45.6 Å². The van der Waals surface area contributed by atoms with Crippen LogP contribution in [0.3, 0.4) is 0 Å². The Balaban J connectivity index is 1.40. The first kappa shape index (κ1) is 22.4. The van der Waals surface area contributed by atoms with E-state index in [0.29, 0.717) is 11.6 Å². The number of aliphatic carboxylic acids is 2. The largest absolute Gasteiger partial charge is 0.475 e. The van der Waals surface area contributed by atoms with Crippen molar-refractivity contribution in [2.45, 2.75) is 49.5 Å². The van der Waals surface area contributed by atoms with Crippen molar-refractivity contribution in [3.63, 3.8) is 0 Å². The second-order valence-electron chi connectivity index (χ2n) is 8.18. The van der Waals surface area contributed by atoms with E-state index in [1.54, 1.807) is 30.3 Å². The number of rotatable bonds is 7. The first-order valence-corrected chi connectivity index (χ1v) is 10.8. The van der Waals surface area contributed by atoms with Gasteiger partial charge in [-0.05, 0) is 60.6 Å². The van der Waals surface area contributed by atoms with E-state index in [4.69, 9.17) is 21.1 Å². The minimum atomic E-state index is -2.76. The molecule has 2 aromatic carbocycles. The Morgan fingerprint density at radius 1 is 1.09 bits per heavy atom. The Morgan fingerprint density at radius 3 is 2.56 bits per heavy atom. The van der Waals surface area contributed by atoms with E-state index in [9.17, 15) is 24.9 Å². The molecule has 1 fully saturated rings. The molecule has 0 saturated heterocycles. The van der Waals surface area contributed by atoms with Crippen LogP contribution >= 0.6 is 11.6 Å². The Kier molecular flexibility index (Phi) is 6.28. The van der Waals surface area contributed by atoms with Gasteiger partial charge in [0, 0.05) is 17.6 Å². The van der Waals surface area contributed by atoms with E-state index in [1.807, 2.05) is 12.1 Å². The molecule has 8 nitrogen and oxygen atoms in total. The first-order valence-electron chi connectivity index (χ1n) is 10.4. The summed E-state index contributed by atoms with van der Waals surface area (Å²) in [4.78, 5) is 22.9. The number of hydrogen-bond acceptors (Lipinski definition) is 6. The zero-order valence-corrected chi connectivity index (χ0v) is 17.9. The zero-order chi connectivity index (χ0) is 22.9. The van der Waals surface area contributed by atoms with Gasteiger partial charge in [-0.25, -0.2) is 9.59 Å². The third-order valence-corrected chi connectivity index (χ3v) is 6.25. The Hall–Kier alpha value is -2.81. The maximum Gasteiger partial charge on any atom is 0.453 e. The summed E-state index contributed by atoms with van der Waals surface area (Å²) in [5, 5.41) is 33.1. The lowest BCUT2D eigenvalue weighted by atomic mass is 9.81. The number of benzene rings is 2. The van der Waals surface area contributed by atoms with Crippen LogP contribution in [0.1, 0.15) is 48.8 Å². The van der Waals surface area contributed by atoms with E-state index in [2.05, 4.69) is 5.32 Å². The molecule has 170 valence electrons. The molecule has 0 amide bonds. The summed E-state index contributed by atoms with van der Waals surface area (Å²) in [6, 6.07) is 12.4. The molecule has 0 aromatic heterocycles. The topological polar surface area (TPSA) is 125 Å². The maximum atomic E-state index is 11.4. The summed E-state index contributed by atoms with van der Waals surface area (Å²) >= 11 is 6.00. The average molecular weight is 462 g/mol. The fourth-order valence-corrected chi connectivity index (χ4v) is 4.53. The molecule has 9 heteroatoms. The van der Waals surface area contributed by atoms with Crippen LogP contribution in [0.15, 0.2) is 42.5 Å². The van der Waals surface area contributed by atoms with Crippen LogP contribution in [0.4, 0.5) is 0 Å². The lowest BCUT2D eigenvalue weighted by molar-refractivity contribution is -0.194. The lowest BCUT2D eigenvalue weighted by Gasteiger charge is -2.31. The molecule has 1 aliphatic carbocycles. The Labute approximate surface area is 189 Å². The highest BCUT2D eigenvalue weighted by Crippen LogP contribution is 2.43. The van der Waals surface area contributed by atoms with Gasteiger partial charge in [-0.1, -0.05) is 36.2 Å². The van der Waals surface area contributed by atoms with Crippen LogP contribution in [0.25, 0.3) is 0 Å². The molecule has 1 saturated carbocycles. The minimum Gasteiger partial charge on any atom is -0.475 e. The molecule has 0 spiro atoms. The van der Waals surface area contributed by atoms with Crippen LogP contribution in [0.2, 0.25) is 5.02 Å². The van der Waals surface area contributed by atoms with Gasteiger partial charge in [0.25, 0.3) is 0 Å². The molecule has 1 aliphatic heterocycles. The highest BCUT2D eigenvalue weighted by atomic mass is 35.5. The number of aliphatic hydroxyl groups is 1. The number of halogens is 1. The van der Waals surface area contributed by atoms with E-state index in [0.717, 1.165) is 36.8 Å². The molecule has 4 rings (SSSR count). The fourth-order valence-electron chi connectivity index (χ4n) is 4.33. The number of hydrogen-bond donors (Lipinski definition) is 4. The predicted octanol–water partition coefficient (Wildman–Crippen LogP) is 3.33. The molecular formula is C23H24ClNO7. The van der Waals surface area contributed by atoms with Crippen molar-refractivity contribution in [3.8, 4) is 11.5 Å². The van der Waals surface area contributed by atoms with Crippen molar-refractivity contribution in [2.24, 2.45) is 0 Å². The van der Waals surface area contributed by atoms with Crippen molar-refractivity contribution in [3.05, 3.63) is 58.6 Å². The second-order valence-corrected chi connectivity index (χ2v) is 8.61. The quantitative estimate of drug-likeness (QED) is 0.463. The first-order chi connectivity index (χ1) is 15.3. The third-order valence-electron chi connectivity index (χ3n) is 6.02. The van der Waals surface area contributed by atoms with Gasteiger partial charge in [-0.2, -0.15) is 0 Å². The van der Waals surface area contributed by atoms with Crippen LogP contribution < -0.4 is 14.8 Å². The van der Waals surface area contributed by atoms with Gasteiger partial charge < -0.3 is 30.1 Å². The summed E-state index contributed by atoms with van der Waals surface area (Å²) in [6.07, 6.45) is 3.06. The Bertz CT molecular complexity index is 1010. The number of ether oxygens (including phenoxy) is 2. The summed E-state index contributed by atoms with van der Waals surface area (Å²) in [5.41, 5.74) is 1.69. The number of aliphatic hydroxyl groups excluding tert-OH is 1. The number of carboxylic acid groups (broad SMARTS) is 2. The summed E-state index contributed by atoms with van der Waals surface area (Å²) in [6.45, 7) is 0.401. The molecule has 1 heterocycles. The zero-order valence-electron chi connectivity index (χ0n) is 17.2. The van der Waals surface area contributed by atoms with Crippen molar-refractivity contribution in [1.29, 1.82) is 0 Å². The van der Waals surface area contributed by atoms with Gasteiger partial charge in [0.15, 0.2) is 11.5 Å². The summed E-state index contributed by atoms with van der Waals surface area (Å²) in [5.74, 6) is -5.81. The molecule has 0 radical (unpaired) electrons. The van der Waals surface area contributed by atoms with Gasteiger partial charge in [0.1, 0.15) is 0 Å². The molecule has 2 aromatic rings. The van der Waals surface area contributed by atoms with Crippen LogP contribution in [0.5, 0.6) is 11.5 Å². The lowest BCUT2D eigenvalue weighted by Crippen LogP contribution is -2.54. The fraction of sp³-hybridized carbons (Fsp3) is 0.391. The molecule has 0 bridgehead atoms. The van der Waals surface area contributed by atoms with Gasteiger partial charge in [-0.15, -0.1) is 0 Å². The van der Waals surface area contributed by atoms with E-state index >= 15 is 0 Å². The summed E-state index contributed by atoms with van der Waals surface area (Å²) < 4.78 is 10.4. The van der Waals surface area contributed by atoms with Gasteiger partial charge in [0.2, 0.25) is 0 Å². The van der Waals surface area contributed by atoms with E-state index in [1.165, 1.54) is 0 Å². The van der Waals surface area contributed by atoms with Gasteiger partial charge in [0.05, 0.1) is 6.10 Å². The maximum absolute atomic E-state index is 11.4. The highest BCUT2D eigenvalue weighted by Gasteiger charge is 2.57. The van der Waals surface area contributed by atoms with Crippen LogP contribution in [0, 0.1) is 0 Å². The third kappa shape index (κ3) is 4.39. The molecule has 3 atom stereocenters. The molecule has 32 heavy (non-hydrogen) atoms. The Morgan fingerprint density at radius 2 is 1.84 bits per heavy atom. The van der Waals surface area contributed by atoms with Crippen molar-refractivity contribution in [2.75, 3.05) is 6.54 Å². The van der Waals surface area contributed by atoms with Crippen LogP contribution in [-0.2, 0) is 9.59 Å². The molecule has 4 N–H and O–H groups in total. The molecular weight excluding hydrogens is 438 g/mol. The normalized spacial score (nSPS) is 22.3. The predicted molar refractivity (Wildman–Crippen MR) is 115 cm³/mol. The standard InChI is InChI=1S/C23H24ClNO7/c24-16-5-1-4-15(9-16)18(26)12-25-17-6-2-3-13(10-17)14-7-8-19-20(11-14)32-23(31-19,21(27)28)22(29)30/h1,4-5,7-9,11,13,17-18,25-26H,2-3,6,10,12H2,(H,27,28)(H,29,30)/t13?,17?,18-/m0/s1. The van der Waals surface area contributed by atoms with E-state index < -0.39 is 23.8 Å². The number of fused-ring (bicyclic) bond motifs is 1. The highest BCUT2D eigenvalue weighted by molar-refractivity contribution is 6.30. The van der Waals surface area contributed by atoms with Gasteiger partial charge >= 0.3 is 17.7 Å². The molecule has 2 aliphatic rings. The monoisotopic (exact) mass is 461 g/mol. The van der Waals surface area contributed by atoms with Gasteiger partial charge in [-0.3, -0.25) is 0 Å². The number of carbonyl (C=O) groups is 2. The number of nitrogens with one attached hydrogen (secondary N) is 1. The van der Waals surface area contributed by atoms with Crippen molar-refractivity contribution in [1.82, 2.24) is 5.32 Å². The summed E-state index contributed by atoms with van der Waals surface area (Å²) in [7, 11) is 0. The van der Waals surface area contributed by atoms with E-state index in [-0.39, 0.29) is 23.5 Å². The number of carboxylic acids is 2. The molecule has 2 unspecified atom stereocenters. The van der Waals surface area contributed by atoms with Crippen molar-refractivity contribution < 1.29 is 34.4 Å². The van der Waals surface area contributed by atoms with Crippen molar-refractivity contribution >= 4 is 23.5 Å². The SMILES string of the molecule is O=C(O)C1(C(=O)O)Oc2ccc(C3CCCC(NC[C@H](O)c4cccc(Cl)c4)C3)cc2O1.